The van der Waals surface area contributed by atoms with Crippen molar-refractivity contribution < 1.29 is 27.3 Å². The minimum absolute atomic E-state index is 0.0315. The Morgan fingerprint density at radius 3 is 2.62 bits per heavy atom. The lowest BCUT2D eigenvalue weighted by molar-refractivity contribution is -0.137. The standard InChI is InChI=1S/C31H35NO6S2/c1-31(2)21-16-20(10-6-3-4-9-13-28(33)34)29(26(31)17-21)32-30(35)25-19-39-27-15-14-22(18-24(25)27)38-40(36,37)23-11-7-5-8-12-23/h3,5-8,11-12,14-15,18-21,26,29H,4,9-10,13,16-17H2,1-2H3,(H,32,35)(H,33,34)/b6-3-/t20-,21-,26-,29?/m0/s1. The molecule has 2 bridgehead atoms. The van der Waals surface area contributed by atoms with E-state index in [0.29, 0.717) is 35.1 Å². The van der Waals surface area contributed by atoms with Gasteiger partial charge in [-0.1, -0.05) is 44.2 Å². The Hall–Kier alpha value is -3.17. The number of thiophene rings is 1. The second kappa shape index (κ2) is 11.4. The number of carboxylic acid groups (broad SMARTS) is 1. The van der Waals surface area contributed by atoms with Crippen molar-refractivity contribution in [2.45, 2.75) is 63.3 Å². The molecule has 0 spiro atoms. The highest BCUT2D eigenvalue weighted by Gasteiger charge is 2.57. The Labute approximate surface area is 239 Å². The van der Waals surface area contributed by atoms with Crippen LogP contribution in [0.5, 0.6) is 5.75 Å². The van der Waals surface area contributed by atoms with E-state index in [0.717, 1.165) is 30.4 Å². The maximum atomic E-state index is 13.7. The van der Waals surface area contributed by atoms with Crippen LogP contribution >= 0.6 is 11.3 Å². The van der Waals surface area contributed by atoms with Crippen LogP contribution in [0.15, 0.2) is 71.0 Å². The molecular formula is C31H35NO6S2. The fourth-order valence-electron chi connectivity index (χ4n) is 6.35. The third-order valence-corrected chi connectivity index (χ3v) is 11.0. The average Bonchev–Trinajstić information content (AvgIpc) is 3.34. The summed E-state index contributed by atoms with van der Waals surface area (Å²) in [4.78, 5) is 24.5. The van der Waals surface area contributed by atoms with Crippen LogP contribution in [0.1, 0.15) is 62.7 Å². The van der Waals surface area contributed by atoms with Crippen molar-refractivity contribution in [3.63, 3.8) is 0 Å². The minimum atomic E-state index is -3.99. The van der Waals surface area contributed by atoms with Gasteiger partial charge in [0.2, 0.25) is 0 Å². The minimum Gasteiger partial charge on any atom is -0.481 e. The first-order valence-corrected chi connectivity index (χ1v) is 16.0. The predicted octanol–water partition coefficient (Wildman–Crippen LogP) is 6.65. The number of carbonyl (C=O) groups excluding carboxylic acids is 1. The van der Waals surface area contributed by atoms with E-state index in [1.807, 2.05) is 5.38 Å². The van der Waals surface area contributed by atoms with Crippen LogP contribution in [0.4, 0.5) is 0 Å². The van der Waals surface area contributed by atoms with Crippen molar-refractivity contribution in [2.24, 2.45) is 23.2 Å². The van der Waals surface area contributed by atoms with E-state index >= 15 is 0 Å². The SMILES string of the molecule is CC1(C)[C@H]2C[C@H](C/C=C\CCCC(=O)O)C(NC(=O)c3csc4ccc(OS(=O)(=O)c5ccccc5)cc34)[C@@H]1C2. The van der Waals surface area contributed by atoms with Crippen molar-refractivity contribution in [3.8, 4) is 5.75 Å². The number of allylic oxidation sites excluding steroid dienone is 2. The highest BCUT2D eigenvalue weighted by atomic mass is 32.2. The van der Waals surface area contributed by atoms with Crippen LogP contribution in [-0.4, -0.2) is 31.4 Å². The van der Waals surface area contributed by atoms with Gasteiger partial charge in [-0.25, -0.2) is 0 Å². The van der Waals surface area contributed by atoms with Crippen LogP contribution in [0, 0.1) is 23.2 Å². The van der Waals surface area contributed by atoms with Gasteiger partial charge in [-0.15, -0.1) is 11.3 Å². The molecule has 3 fully saturated rings. The molecule has 9 heteroatoms. The molecule has 3 saturated carbocycles. The first-order chi connectivity index (χ1) is 19.1. The molecule has 6 rings (SSSR count). The molecule has 0 saturated heterocycles. The van der Waals surface area contributed by atoms with Crippen LogP contribution in [0.2, 0.25) is 0 Å². The van der Waals surface area contributed by atoms with Crippen molar-refractivity contribution in [2.75, 3.05) is 0 Å². The Bertz CT molecular complexity index is 1530. The number of benzene rings is 2. The number of fused-ring (bicyclic) bond motifs is 3. The van der Waals surface area contributed by atoms with Gasteiger partial charge in [0.25, 0.3) is 5.91 Å². The Kier molecular flexibility index (Phi) is 8.06. The highest BCUT2D eigenvalue weighted by Crippen LogP contribution is 2.61. The molecule has 2 N–H and O–H groups in total. The number of nitrogens with one attached hydrogen (secondary N) is 1. The third kappa shape index (κ3) is 5.81. The second-order valence-corrected chi connectivity index (χ2v) is 14.0. The van der Waals surface area contributed by atoms with E-state index in [1.165, 1.54) is 23.5 Å². The topological polar surface area (TPSA) is 110 Å². The molecule has 212 valence electrons. The second-order valence-electron chi connectivity index (χ2n) is 11.5. The molecule has 1 aromatic heterocycles. The maximum Gasteiger partial charge on any atom is 0.339 e. The van der Waals surface area contributed by atoms with E-state index in [4.69, 9.17) is 9.29 Å². The van der Waals surface area contributed by atoms with E-state index in [2.05, 4.69) is 31.3 Å². The molecule has 7 nitrogen and oxygen atoms in total. The summed E-state index contributed by atoms with van der Waals surface area (Å²) in [5.74, 6) is 0.579. The van der Waals surface area contributed by atoms with Gasteiger partial charge in [-0.3, -0.25) is 9.59 Å². The number of aliphatic carboxylic acids is 1. The van der Waals surface area contributed by atoms with Gasteiger partial charge < -0.3 is 14.6 Å². The molecule has 4 atom stereocenters. The fraction of sp³-hybridized carbons (Fsp3) is 0.419. The predicted molar refractivity (Wildman–Crippen MR) is 156 cm³/mol. The van der Waals surface area contributed by atoms with Crippen molar-refractivity contribution in [3.05, 3.63) is 71.6 Å². The molecule has 0 radical (unpaired) electrons. The molecule has 0 aliphatic heterocycles. The van der Waals surface area contributed by atoms with Gasteiger partial charge >= 0.3 is 16.1 Å². The van der Waals surface area contributed by atoms with Gasteiger partial charge in [0.15, 0.2) is 0 Å². The lowest BCUT2D eigenvalue weighted by Gasteiger charge is -2.62. The third-order valence-electron chi connectivity index (χ3n) is 8.77. The summed E-state index contributed by atoms with van der Waals surface area (Å²) < 4.78 is 31.8. The number of hydrogen-bond acceptors (Lipinski definition) is 6. The molecular weight excluding hydrogens is 546 g/mol. The lowest BCUT2D eigenvalue weighted by Crippen LogP contribution is -2.63. The summed E-state index contributed by atoms with van der Waals surface area (Å²) in [5.41, 5.74) is 0.688. The molecule has 40 heavy (non-hydrogen) atoms. The normalized spacial score (nSPS) is 23.6. The smallest absolute Gasteiger partial charge is 0.339 e. The zero-order valence-corrected chi connectivity index (χ0v) is 24.3. The molecule has 2 aromatic carbocycles. The average molecular weight is 582 g/mol. The van der Waals surface area contributed by atoms with Crippen molar-refractivity contribution in [1.29, 1.82) is 0 Å². The summed E-state index contributed by atoms with van der Waals surface area (Å²) >= 11 is 1.44. The molecule has 1 amide bonds. The first-order valence-electron chi connectivity index (χ1n) is 13.7. The van der Waals surface area contributed by atoms with Gasteiger partial charge in [0.05, 0.1) is 5.56 Å². The van der Waals surface area contributed by atoms with Crippen molar-refractivity contribution >= 4 is 43.4 Å². The summed E-state index contributed by atoms with van der Waals surface area (Å²) in [5, 5.41) is 14.7. The summed E-state index contributed by atoms with van der Waals surface area (Å²) in [6.45, 7) is 4.58. The Balaban J connectivity index is 1.32. The van der Waals surface area contributed by atoms with E-state index in [-0.39, 0.29) is 34.4 Å². The van der Waals surface area contributed by atoms with E-state index < -0.39 is 16.1 Å². The number of hydrogen-bond donors (Lipinski definition) is 2. The summed E-state index contributed by atoms with van der Waals surface area (Å²) in [6, 6.07) is 13.0. The van der Waals surface area contributed by atoms with E-state index in [9.17, 15) is 18.0 Å². The van der Waals surface area contributed by atoms with Gasteiger partial charge in [-0.05, 0) is 85.6 Å². The quantitative estimate of drug-likeness (QED) is 0.149. The van der Waals surface area contributed by atoms with Gasteiger partial charge in [-0.2, -0.15) is 8.42 Å². The molecule has 1 heterocycles. The lowest BCUT2D eigenvalue weighted by atomic mass is 9.44. The molecule has 1 unspecified atom stereocenters. The van der Waals surface area contributed by atoms with Crippen LogP contribution in [-0.2, 0) is 14.9 Å². The number of unbranched alkanes of at least 4 members (excludes halogenated alkanes) is 1. The Morgan fingerprint density at radius 2 is 1.90 bits per heavy atom. The van der Waals surface area contributed by atoms with Crippen LogP contribution < -0.4 is 9.50 Å². The number of carboxylic acids is 1. The molecule has 3 aromatic rings. The number of carbonyl (C=O) groups is 2. The Morgan fingerprint density at radius 1 is 1.12 bits per heavy atom. The number of amides is 1. The molecule has 3 aliphatic carbocycles. The monoisotopic (exact) mass is 581 g/mol. The number of rotatable bonds is 11. The van der Waals surface area contributed by atoms with Gasteiger partial charge in [0, 0.05) is 27.9 Å². The van der Waals surface area contributed by atoms with Crippen LogP contribution in [0.3, 0.4) is 0 Å². The summed E-state index contributed by atoms with van der Waals surface area (Å²) in [6.07, 6.45) is 8.73. The summed E-state index contributed by atoms with van der Waals surface area (Å²) in [7, 11) is -3.99. The highest BCUT2D eigenvalue weighted by molar-refractivity contribution is 7.87. The van der Waals surface area contributed by atoms with Crippen molar-refractivity contribution in [1.82, 2.24) is 5.32 Å². The van der Waals surface area contributed by atoms with Gasteiger partial charge in [0.1, 0.15) is 10.6 Å². The van der Waals surface area contributed by atoms with Crippen LogP contribution in [0.25, 0.3) is 10.1 Å². The van der Waals surface area contributed by atoms with E-state index in [1.54, 1.807) is 36.4 Å². The first kappa shape index (κ1) is 28.4. The zero-order chi connectivity index (χ0) is 28.5. The fourth-order valence-corrected chi connectivity index (χ4v) is 8.22. The molecule has 3 aliphatic rings. The zero-order valence-electron chi connectivity index (χ0n) is 22.7. The maximum absolute atomic E-state index is 13.7. The largest absolute Gasteiger partial charge is 0.481 e.